The highest BCUT2D eigenvalue weighted by Crippen LogP contribution is 2.54. The van der Waals surface area contributed by atoms with Gasteiger partial charge in [-0.1, -0.05) is 35.8 Å². The lowest BCUT2D eigenvalue weighted by Crippen LogP contribution is -2.58. The van der Waals surface area contributed by atoms with Crippen molar-refractivity contribution in [2.45, 2.75) is 98.7 Å². The molecule has 3 heterocycles. The van der Waals surface area contributed by atoms with Crippen LogP contribution in [0.3, 0.4) is 0 Å². The Balaban J connectivity index is 1.34. The molecule has 1 aliphatic carbocycles. The van der Waals surface area contributed by atoms with Crippen molar-refractivity contribution >= 4 is 5.91 Å². The number of piperidine rings is 1. The van der Waals surface area contributed by atoms with Crippen molar-refractivity contribution in [3.63, 3.8) is 0 Å². The van der Waals surface area contributed by atoms with E-state index in [1.54, 1.807) is 11.8 Å². The fraction of sp³-hybridized carbons (Fsp3) is 0.553. The van der Waals surface area contributed by atoms with Gasteiger partial charge in [0, 0.05) is 43.3 Å². The predicted octanol–water partition coefficient (Wildman–Crippen LogP) is -1.61. The van der Waals surface area contributed by atoms with E-state index in [0.29, 0.717) is 37.1 Å². The van der Waals surface area contributed by atoms with Crippen molar-refractivity contribution in [2.75, 3.05) is 33.4 Å². The van der Waals surface area contributed by atoms with Crippen molar-refractivity contribution in [3.05, 3.63) is 58.7 Å². The Labute approximate surface area is 296 Å². The van der Waals surface area contributed by atoms with Crippen LogP contribution in [0.1, 0.15) is 48.4 Å². The molecular formula is C38H45NO12. The summed E-state index contributed by atoms with van der Waals surface area (Å²) in [6.07, 6.45) is -12.3. The number of fused-ring (bicyclic) bond motifs is 5. The number of carbonyl (C=O) groups excluding carboxylic acids is 1. The molecule has 6 rings (SSSR count). The molecule has 1 spiro atoms. The van der Waals surface area contributed by atoms with Gasteiger partial charge in [0.25, 0.3) is 5.91 Å². The molecule has 3 fully saturated rings. The Morgan fingerprint density at radius 2 is 1.29 bits per heavy atom. The van der Waals surface area contributed by atoms with Gasteiger partial charge in [-0.05, 0) is 72.7 Å². The third kappa shape index (κ3) is 6.93. The molecule has 8 N–H and O–H groups in total. The van der Waals surface area contributed by atoms with E-state index < -0.39 is 79.2 Å². The number of methoxy groups -OCH3 is 1. The van der Waals surface area contributed by atoms with E-state index in [4.69, 9.17) is 14.2 Å². The number of amides is 1. The van der Waals surface area contributed by atoms with Gasteiger partial charge in [-0.2, -0.15) is 0 Å². The number of likely N-dealkylation sites (tertiary alicyclic amines) is 1. The first kappa shape index (κ1) is 37.4. The topological polar surface area (TPSA) is 210 Å². The number of nitrogens with zero attached hydrogens (tertiary/aromatic N) is 1. The highest BCUT2D eigenvalue weighted by atomic mass is 16.5. The number of benzene rings is 2. The molecule has 3 saturated heterocycles. The molecule has 11 atom stereocenters. The largest absolute Gasteiger partial charge is 0.396 e. The third-order valence-electron chi connectivity index (χ3n) is 10.7. The number of rotatable bonds is 5. The lowest BCUT2D eigenvalue weighted by Gasteiger charge is -2.41. The first-order valence-electron chi connectivity index (χ1n) is 17.2. The summed E-state index contributed by atoms with van der Waals surface area (Å²) in [4.78, 5) is 14.9. The minimum atomic E-state index is -1.54. The summed E-state index contributed by atoms with van der Waals surface area (Å²) in [5.41, 5.74) is 4.71. The van der Waals surface area contributed by atoms with Crippen molar-refractivity contribution in [3.8, 4) is 34.8 Å². The number of aliphatic hydroxyl groups is 8. The van der Waals surface area contributed by atoms with Crippen LogP contribution in [0.25, 0.3) is 11.1 Å². The van der Waals surface area contributed by atoms with Crippen LogP contribution in [0.15, 0.2) is 36.4 Å². The summed E-state index contributed by atoms with van der Waals surface area (Å²) >= 11 is 0. The van der Waals surface area contributed by atoms with Crippen LogP contribution < -0.4 is 0 Å². The molecule has 2 aromatic carbocycles. The van der Waals surface area contributed by atoms with Crippen molar-refractivity contribution in [1.29, 1.82) is 0 Å². The van der Waals surface area contributed by atoms with Gasteiger partial charge in [0.1, 0.15) is 61.0 Å². The molecule has 0 unspecified atom stereocenters. The van der Waals surface area contributed by atoms with Gasteiger partial charge in [-0.3, -0.25) is 4.79 Å². The molecule has 3 aliphatic heterocycles. The van der Waals surface area contributed by atoms with E-state index in [9.17, 15) is 45.6 Å². The molecule has 1 amide bonds. The molecule has 51 heavy (non-hydrogen) atoms. The van der Waals surface area contributed by atoms with Gasteiger partial charge in [-0.25, -0.2) is 0 Å². The first-order chi connectivity index (χ1) is 24.4. The molecule has 274 valence electrons. The number of aliphatic hydroxyl groups excluding tert-OH is 8. The molecule has 0 bridgehead atoms. The summed E-state index contributed by atoms with van der Waals surface area (Å²) in [7, 11) is 1.50. The molecule has 4 aliphatic rings. The molecular weight excluding hydrogens is 662 g/mol. The lowest BCUT2D eigenvalue weighted by molar-refractivity contribution is -0.214. The average molecular weight is 708 g/mol. The summed E-state index contributed by atoms with van der Waals surface area (Å²) in [5.74, 6) is 11.8. The maximum atomic E-state index is 13.1. The number of hydrogen-bond donors (Lipinski definition) is 8. The van der Waals surface area contributed by atoms with Crippen LogP contribution in [-0.2, 0) is 24.4 Å². The van der Waals surface area contributed by atoms with Gasteiger partial charge in [0.15, 0.2) is 0 Å². The van der Waals surface area contributed by atoms with Crippen LogP contribution in [0.2, 0.25) is 0 Å². The smallest absolute Gasteiger partial charge is 0.251 e. The average Bonchev–Trinajstić information content (AvgIpc) is 3.40. The normalized spacial score (nSPS) is 32.9. The molecule has 2 aromatic rings. The molecule has 0 aromatic heterocycles. The van der Waals surface area contributed by atoms with E-state index >= 15 is 0 Å². The second kappa shape index (κ2) is 15.3. The highest BCUT2D eigenvalue weighted by molar-refractivity contribution is 5.84. The highest BCUT2D eigenvalue weighted by Gasteiger charge is 2.47. The Morgan fingerprint density at radius 1 is 0.804 bits per heavy atom. The molecule has 13 nitrogen and oxygen atoms in total. The van der Waals surface area contributed by atoms with Crippen LogP contribution in [0.5, 0.6) is 0 Å². The summed E-state index contributed by atoms with van der Waals surface area (Å²) in [6, 6.07) is 11.6. The molecule has 0 radical (unpaired) electrons. The van der Waals surface area contributed by atoms with Crippen LogP contribution in [0, 0.1) is 23.7 Å². The second-order valence-corrected chi connectivity index (χ2v) is 13.7. The summed E-state index contributed by atoms with van der Waals surface area (Å²) < 4.78 is 16.6. The van der Waals surface area contributed by atoms with E-state index in [1.807, 2.05) is 36.4 Å². The summed E-state index contributed by atoms with van der Waals surface area (Å²) in [6.45, 7) is 1.83. The van der Waals surface area contributed by atoms with Crippen LogP contribution in [-0.4, -0.2) is 152 Å². The number of ether oxygens (including phenoxy) is 3. The van der Waals surface area contributed by atoms with Gasteiger partial charge in [0.05, 0.1) is 12.7 Å². The Bertz CT molecular complexity index is 1720. The minimum Gasteiger partial charge on any atom is -0.396 e. The van der Waals surface area contributed by atoms with Crippen molar-refractivity contribution < 1.29 is 59.9 Å². The van der Waals surface area contributed by atoms with E-state index in [0.717, 1.165) is 22.3 Å². The van der Waals surface area contributed by atoms with E-state index in [1.165, 1.54) is 7.11 Å². The standard InChI is InChI=1S/C38H45NO12/c1-20(49-2)37(48)39-14-12-38(13-15-39)25-17-21(5-9-27-31(42)35(46)33(44)29(50-27)11-16-40)3-7-23(25)24-8-4-22(18-26(24)38)6-10-28-32(43)36(47)34(45)30(19-41)51-28/h3-4,7-8,17-18,20,27-36,40-47H,11-16,19H2,1-2H3/t20-,27-,28-,29-,30-,31-,32-,33-,34-,35-,36-/m1/s1. The van der Waals surface area contributed by atoms with E-state index in [-0.39, 0.29) is 18.9 Å². The Morgan fingerprint density at radius 3 is 1.76 bits per heavy atom. The predicted molar refractivity (Wildman–Crippen MR) is 181 cm³/mol. The maximum absolute atomic E-state index is 13.1. The Kier molecular flexibility index (Phi) is 11.2. The fourth-order valence-electron chi connectivity index (χ4n) is 7.62. The summed E-state index contributed by atoms with van der Waals surface area (Å²) in [5, 5.41) is 81.0. The fourth-order valence-corrected chi connectivity index (χ4v) is 7.62. The molecule has 0 saturated carbocycles. The zero-order valence-electron chi connectivity index (χ0n) is 28.4. The van der Waals surface area contributed by atoms with Crippen LogP contribution >= 0.6 is 0 Å². The lowest BCUT2D eigenvalue weighted by atomic mass is 9.70. The zero-order valence-corrected chi connectivity index (χ0v) is 28.4. The monoisotopic (exact) mass is 707 g/mol. The van der Waals surface area contributed by atoms with Crippen molar-refractivity contribution in [1.82, 2.24) is 4.90 Å². The third-order valence-corrected chi connectivity index (χ3v) is 10.7. The van der Waals surface area contributed by atoms with Gasteiger partial charge >= 0.3 is 0 Å². The van der Waals surface area contributed by atoms with Crippen molar-refractivity contribution in [2.24, 2.45) is 0 Å². The van der Waals surface area contributed by atoms with Gasteiger partial charge in [0.2, 0.25) is 0 Å². The number of carbonyl (C=O) groups is 1. The quantitative estimate of drug-likeness (QED) is 0.165. The number of hydrogen-bond acceptors (Lipinski definition) is 12. The zero-order chi connectivity index (χ0) is 36.6. The van der Waals surface area contributed by atoms with Crippen LogP contribution in [0.4, 0.5) is 0 Å². The second-order valence-electron chi connectivity index (χ2n) is 13.7. The first-order valence-corrected chi connectivity index (χ1v) is 17.2. The Hall–Kier alpha value is -3.41. The van der Waals surface area contributed by atoms with E-state index in [2.05, 4.69) is 23.7 Å². The van der Waals surface area contributed by atoms with Gasteiger partial charge < -0.3 is 60.0 Å². The molecule has 13 heteroatoms. The maximum Gasteiger partial charge on any atom is 0.251 e. The minimum absolute atomic E-state index is 0.0698. The SMILES string of the molecule is CO[C@H](C)C(=O)N1CCC2(CC1)c1cc(C#C[C@H]3O[C@H](CO)[C@@H](O)[C@H](O)[C@@H]3O)ccc1-c1ccc(C#C[C@H]3O[C@H](CCO)[C@@H](O)[C@H](O)[C@@H]3O)cc12. The van der Waals surface area contributed by atoms with Gasteiger partial charge in [-0.15, -0.1) is 0 Å².